The number of hydrogen-bond donors (Lipinski definition) is 1. The highest BCUT2D eigenvalue weighted by molar-refractivity contribution is 5.80. The maximum atomic E-state index is 12.2. The Labute approximate surface area is 111 Å². The van der Waals surface area contributed by atoms with E-state index in [0.717, 1.165) is 12.8 Å². The minimum absolute atomic E-state index is 0.0682. The third kappa shape index (κ3) is 2.87. The van der Waals surface area contributed by atoms with Crippen LogP contribution in [0.3, 0.4) is 0 Å². The van der Waals surface area contributed by atoms with Gasteiger partial charge in [-0.2, -0.15) is 0 Å². The second kappa shape index (κ2) is 6.05. The molecule has 104 valence electrons. The van der Waals surface area contributed by atoms with Gasteiger partial charge in [0.15, 0.2) is 0 Å². The molecule has 0 heterocycles. The largest absolute Gasteiger partial charge is 0.468 e. The van der Waals surface area contributed by atoms with Crippen molar-refractivity contribution in [2.45, 2.75) is 76.3 Å². The predicted octanol–water partition coefficient (Wildman–Crippen LogP) is 3.03. The Morgan fingerprint density at radius 2 is 1.61 bits per heavy atom. The van der Waals surface area contributed by atoms with E-state index in [9.17, 15) is 4.79 Å². The highest BCUT2D eigenvalue weighted by Gasteiger charge is 2.44. The zero-order valence-corrected chi connectivity index (χ0v) is 11.8. The van der Waals surface area contributed by atoms with Crippen molar-refractivity contribution in [2.75, 3.05) is 7.11 Å². The van der Waals surface area contributed by atoms with Crippen molar-refractivity contribution in [3.8, 4) is 0 Å². The van der Waals surface area contributed by atoms with Crippen molar-refractivity contribution < 1.29 is 9.53 Å². The third-order valence-electron chi connectivity index (χ3n) is 4.89. The molecule has 2 aliphatic carbocycles. The molecule has 0 amide bonds. The molecule has 1 atom stereocenters. The highest BCUT2D eigenvalue weighted by Crippen LogP contribution is 2.35. The van der Waals surface area contributed by atoms with Crippen molar-refractivity contribution in [3.63, 3.8) is 0 Å². The van der Waals surface area contributed by atoms with Gasteiger partial charge >= 0.3 is 5.97 Å². The first kappa shape index (κ1) is 13.9. The lowest BCUT2D eigenvalue weighted by Crippen LogP contribution is -2.58. The van der Waals surface area contributed by atoms with E-state index in [2.05, 4.69) is 12.2 Å². The van der Waals surface area contributed by atoms with Gasteiger partial charge in [0.25, 0.3) is 0 Å². The normalized spacial score (nSPS) is 25.9. The summed E-state index contributed by atoms with van der Waals surface area (Å²) in [6.45, 7) is 2.06. The van der Waals surface area contributed by atoms with E-state index in [1.807, 2.05) is 0 Å². The zero-order chi connectivity index (χ0) is 13.0. The quantitative estimate of drug-likeness (QED) is 0.783. The number of ether oxygens (including phenoxy) is 1. The topological polar surface area (TPSA) is 38.3 Å². The lowest BCUT2D eigenvalue weighted by molar-refractivity contribution is -0.151. The van der Waals surface area contributed by atoms with Gasteiger partial charge < -0.3 is 4.74 Å². The lowest BCUT2D eigenvalue weighted by atomic mass is 9.75. The van der Waals surface area contributed by atoms with Crippen LogP contribution in [0.2, 0.25) is 0 Å². The summed E-state index contributed by atoms with van der Waals surface area (Å²) in [6.07, 6.45) is 11.1. The molecule has 3 nitrogen and oxygen atoms in total. The number of carbonyl (C=O) groups is 1. The smallest absolute Gasteiger partial charge is 0.326 e. The number of nitrogens with one attached hydrogen (secondary N) is 1. The monoisotopic (exact) mass is 253 g/mol. The van der Waals surface area contributed by atoms with Crippen LogP contribution in [-0.2, 0) is 9.53 Å². The summed E-state index contributed by atoms with van der Waals surface area (Å²) in [5.41, 5.74) is -0.468. The average molecular weight is 253 g/mol. The van der Waals surface area contributed by atoms with Gasteiger partial charge in [-0.25, -0.2) is 0 Å². The van der Waals surface area contributed by atoms with E-state index in [4.69, 9.17) is 4.74 Å². The molecule has 3 heteroatoms. The minimum atomic E-state index is -0.468. The van der Waals surface area contributed by atoms with Crippen LogP contribution in [0.5, 0.6) is 0 Å². The summed E-state index contributed by atoms with van der Waals surface area (Å²) >= 11 is 0. The van der Waals surface area contributed by atoms with Gasteiger partial charge in [-0.3, -0.25) is 10.1 Å². The molecule has 0 bridgehead atoms. The SMILES string of the molecule is COC(=O)C(C)(NC1CCCC1)C1CCCCC1. The molecule has 0 aliphatic heterocycles. The number of rotatable bonds is 4. The van der Waals surface area contributed by atoms with Crippen LogP contribution in [0, 0.1) is 5.92 Å². The molecule has 2 rings (SSSR count). The van der Waals surface area contributed by atoms with E-state index in [1.54, 1.807) is 0 Å². The lowest BCUT2D eigenvalue weighted by Gasteiger charge is -2.40. The van der Waals surface area contributed by atoms with Gasteiger partial charge in [0.1, 0.15) is 5.54 Å². The first-order chi connectivity index (χ1) is 8.66. The van der Waals surface area contributed by atoms with E-state index >= 15 is 0 Å². The summed E-state index contributed by atoms with van der Waals surface area (Å²) < 4.78 is 5.08. The molecule has 1 N–H and O–H groups in total. The highest BCUT2D eigenvalue weighted by atomic mass is 16.5. The van der Waals surface area contributed by atoms with Crippen molar-refractivity contribution in [1.82, 2.24) is 5.32 Å². The predicted molar refractivity (Wildman–Crippen MR) is 72.4 cm³/mol. The average Bonchev–Trinajstić information content (AvgIpc) is 2.91. The van der Waals surface area contributed by atoms with Crippen LogP contribution in [0.25, 0.3) is 0 Å². The van der Waals surface area contributed by atoms with E-state index in [0.29, 0.717) is 12.0 Å². The molecule has 0 saturated heterocycles. The van der Waals surface area contributed by atoms with E-state index in [-0.39, 0.29) is 5.97 Å². The molecule has 0 aromatic heterocycles. The number of esters is 1. The van der Waals surface area contributed by atoms with Crippen molar-refractivity contribution >= 4 is 5.97 Å². The summed E-state index contributed by atoms with van der Waals surface area (Å²) in [4.78, 5) is 12.2. The summed E-state index contributed by atoms with van der Waals surface area (Å²) in [6, 6.07) is 0.510. The second-order valence-corrected chi connectivity index (χ2v) is 6.15. The van der Waals surface area contributed by atoms with Gasteiger partial charge in [0.2, 0.25) is 0 Å². The van der Waals surface area contributed by atoms with Crippen LogP contribution in [0.4, 0.5) is 0 Å². The standard InChI is InChI=1S/C15H27NO2/c1-15(14(17)18-2,12-8-4-3-5-9-12)16-13-10-6-7-11-13/h12-13,16H,3-11H2,1-2H3. The molecular formula is C15H27NO2. The number of carbonyl (C=O) groups excluding carboxylic acids is 1. The molecule has 18 heavy (non-hydrogen) atoms. The number of hydrogen-bond acceptors (Lipinski definition) is 3. The summed E-state index contributed by atoms with van der Waals surface area (Å²) in [7, 11) is 1.51. The fourth-order valence-electron chi connectivity index (χ4n) is 3.73. The Morgan fingerprint density at radius 3 is 2.17 bits per heavy atom. The first-order valence-corrected chi connectivity index (χ1v) is 7.53. The molecular weight excluding hydrogens is 226 g/mol. The first-order valence-electron chi connectivity index (χ1n) is 7.53. The Morgan fingerprint density at radius 1 is 1.06 bits per heavy atom. The van der Waals surface area contributed by atoms with E-state index < -0.39 is 5.54 Å². The summed E-state index contributed by atoms with van der Waals surface area (Å²) in [5.74, 6) is 0.376. The fourth-order valence-corrected chi connectivity index (χ4v) is 3.73. The van der Waals surface area contributed by atoms with Crippen LogP contribution in [0.15, 0.2) is 0 Å². The Balaban J connectivity index is 2.07. The van der Waals surface area contributed by atoms with Crippen LogP contribution < -0.4 is 5.32 Å². The maximum absolute atomic E-state index is 12.2. The Kier molecular flexibility index (Phi) is 4.66. The molecule has 0 spiro atoms. The fraction of sp³-hybridized carbons (Fsp3) is 0.933. The molecule has 2 saturated carbocycles. The van der Waals surface area contributed by atoms with Gasteiger partial charge in [0.05, 0.1) is 7.11 Å². The van der Waals surface area contributed by atoms with Crippen molar-refractivity contribution in [1.29, 1.82) is 0 Å². The van der Waals surface area contributed by atoms with Crippen LogP contribution >= 0.6 is 0 Å². The summed E-state index contributed by atoms with van der Waals surface area (Å²) in [5, 5.41) is 3.64. The van der Waals surface area contributed by atoms with Gasteiger partial charge in [-0.05, 0) is 38.5 Å². The van der Waals surface area contributed by atoms with Crippen molar-refractivity contribution in [2.24, 2.45) is 5.92 Å². The van der Waals surface area contributed by atoms with E-state index in [1.165, 1.54) is 52.1 Å². The Bertz CT molecular complexity index is 280. The number of methoxy groups -OCH3 is 1. The third-order valence-corrected chi connectivity index (χ3v) is 4.89. The van der Waals surface area contributed by atoms with Crippen LogP contribution in [-0.4, -0.2) is 24.7 Å². The van der Waals surface area contributed by atoms with Crippen LogP contribution in [0.1, 0.15) is 64.7 Å². The zero-order valence-electron chi connectivity index (χ0n) is 11.8. The maximum Gasteiger partial charge on any atom is 0.326 e. The second-order valence-electron chi connectivity index (χ2n) is 6.15. The minimum Gasteiger partial charge on any atom is -0.468 e. The molecule has 2 fully saturated rings. The van der Waals surface area contributed by atoms with Gasteiger partial charge in [0, 0.05) is 6.04 Å². The molecule has 0 radical (unpaired) electrons. The molecule has 0 aromatic carbocycles. The van der Waals surface area contributed by atoms with Crippen molar-refractivity contribution in [3.05, 3.63) is 0 Å². The van der Waals surface area contributed by atoms with Gasteiger partial charge in [-0.15, -0.1) is 0 Å². The van der Waals surface area contributed by atoms with Gasteiger partial charge in [-0.1, -0.05) is 32.1 Å². The molecule has 0 aromatic rings. The Hall–Kier alpha value is -0.570. The molecule has 2 aliphatic rings. The molecule has 1 unspecified atom stereocenters.